The van der Waals surface area contributed by atoms with Gasteiger partial charge < -0.3 is 5.73 Å². The Labute approximate surface area is 133 Å². The molecule has 0 saturated heterocycles. The number of hydrogen-bond acceptors (Lipinski definition) is 3. The molecule has 21 heavy (non-hydrogen) atoms. The minimum atomic E-state index is -3.65. The molecule has 4 nitrogen and oxygen atoms in total. The molecular formula is C15H25ClN2O2S. The Morgan fingerprint density at radius 1 is 1.19 bits per heavy atom. The fraction of sp³-hybridized carbons (Fsp3) is 0.600. The van der Waals surface area contributed by atoms with Gasteiger partial charge in [-0.1, -0.05) is 39.3 Å². The Morgan fingerprint density at radius 2 is 1.71 bits per heavy atom. The third kappa shape index (κ3) is 4.59. The van der Waals surface area contributed by atoms with Gasteiger partial charge in [0.05, 0.1) is 5.02 Å². The van der Waals surface area contributed by atoms with Crippen molar-refractivity contribution in [2.75, 3.05) is 12.3 Å². The highest BCUT2D eigenvalue weighted by Crippen LogP contribution is 2.27. The molecule has 0 bridgehead atoms. The molecule has 1 rings (SSSR count). The van der Waals surface area contributed by atoms with E-state index in [0.717, 1.165) is 5.56 Å². The van der Waals surface area contributed by atoms with Crippen LogP contribution in [0.3, 0.4) is 0 Å². The molecule has 0 atom stereocenters. The Kier molecular flexibility index (Phi) is 6.08. The van der Waals surface area contributed by atoms with Crippen LogP contribution in [0, 0.1) is 24.7 Å². The molecule has 0 unspecified atom stereocenters. The molecule has 0 aliphatic rings. The summed E-state index contributed by atoms with van der Waals surface area (Å²) >= 11 is 6.05. The lowest BCUT2D eigenvalue weighted by Gasteiger charge is -2.25. The molecule has 3 N–H and O–H groups in total. The number of hydrogen-bond donors (Lipinski definition) is 2. The van der Waals surface area contributed by atoms with Crippen LogP contribution in [-0.4, -0.2) is 15.0 Å². The van der Waals surface area contributed by atoms with Crippen molar-refractivity contribution in [1.29, 1.82) is 0 Å². The van der Waals surface area contributed by atoms with Crippen molar-refractivity contribution in [3.8, 4) is 0 Å². The van der Waals surface area contributed by atoms with Gasteiger partial charge in [0.25, 0.3) is 0 Å². The summed E-state index contributed by atoms with van der Waals surface area (Å²) in [6, 6.07) is 2.99. The van der Waals surface area contributed by atoms with Crippen LogP contribution in [0.4, 0.5) is 5.69 Å². The van der Waals surface area contributed by atoms with Gasteiger partial charge in [0.15, 0.2) is 0 Å². The number of rotatable bonds is 6. The van der Waals surface area contributed by atoms with Crippen LogP contribution in [0.2, 0.25) is 5.02 Å². The maximum atomic E-state index is 12.4. The maximum Gasteiger partial charge on any atom is 0.242 e. The Balaban J connectivity index is 3.00. The van der Waals surface area contributed by atoms with Gasteiger partial charge in [-0.05, 0) is 42.4 Å². The highest BCUT2D eigenvalue weighted by atomic mass is 35.5. The van der Waals surface area contributed by atoms with Crippen molar-refractivity contribution in [3.63, 3.8) is 0 Å². The van der Waals surface area contributed by atoms with Gasteiger partial charge in [-0.3, -0.25) is 0 Å². The van der Waals surface area contributed by atoms with E-state index in [2.05, 4.69) is 32.4 Å². The number of halogens is 1. The lowest BCUT2D eigenvalue weighted by Crippen LogP contribution is -2.34. The van der Waals surface area contributed by atoms with E-state index in [1.54, 1.807) is 13.0 Å². The molecule has 0 aliphatic carbocycles. The molecule has 0 fully saturated rings. The van der Waals surface area contributed by atoms with Crippen LogP contribution in [-0.2, 0) is 10.0 Å². The molecule has 0 radical (unpaired) electrons. The number of benzene rings is 1. The second-order valence-electron chi connectivity index (χ2n) is 6.14. The molecule has 0 saturated carbocycles. The first-order chi connectivity index (χ1) is 9.56. The second-order valence-corrected chi connectivity index (χ2v) is 8.29. The average molecular weight is 333 g/mol. The summed E-state index contributed by atoms with van der Waals surface area (Å²) in [6.45, 7) is 10.6. The molecule has 0 amide bonds. The predicted octanol–water partition coefficient (Wildman–Crippen LogP) is 3.44. The third-order valence-corrected chi connectivity index (χ3v) is 5.72. The summed E-state index contributed by atoms with van der Waals surface area (Å²) in [5.41, 5.74) is 6.97. The number of nitrogens with two attached hydrogens (primary N) is 1. The lowest BCUT2D eigenvalue weighted by atomic mass is 9.86. The SMILES string of the molecule is Cc1cc(Cl)c(S(=O)(=O)NCC(C(C)C)C(C)C)cc1N. The Bertz CT molecular complexity index is 590. The molecular weight excluding hydrogens is 308 g/mol. The van der Waals surface area contributed by atoms with Gasteiger partial charge in [-0.25, -0.2) is 13.1 Å². The van der Waals surface area contributed by atoms with Gasteiger partial charge in [0, 0.05) is 12.2 Å². The molecule has 0 aliphatic heterocycles. The van der Waals surface area contributed by atoms with Gasteiger partial charge in [-0.2, -0.15) is 0 Å². The van der Waals surface area contributed by atoms with Crippen molar-refractivity contribution >= 4 is 27.3 Å². The van der Waals surface area contributed by atoms with E-state index in [1.807, 2.05) is 0 Å². The largest absolute Gasteiger partial charge is 0.398 e. The molecule has 120 valence electrons. The number of anilines is 1. The second kappa shape index (κ2) is 6.99. The van der Waals surface area contributed by atoms with Gasteiger partial charge in [0.2, 0.25) is 10.0 Å². The molecule has 6 heteroatoms. The average Bonchev–Trinajstić information content (AvgIpc) is 2.32. The minimum Gasteiger partial charge on any atom is -0.398 e. The van der Waals surface area contributed by atoms with Gasteiger partial charge in [0.1, 0.15) is 4.90 Å². The van der Waals surface area contributed by atoms with Crippen molar-refractivity contribution < 1.29 is 8.42 Å². The molecule has 0 aromatic heterocycles. The van der Waals surface area contributed by atoms with Crippen molar-refractivity contribution in [3.05, 3.63) is 22.7 Å². The summed E-state index contributed by atoms with van der Waals surface area (Å²) in [4.78, 5) is 0.0403. The summed E-state index contributed by atoms with van der Waals surface area (Å²) < 4.78 is 27.5. The van der Waals surface area contributed by atoms with Crippen LogP contribution in [0.1, 0.15) is 33.3 Å². The third-order valence-electron chi connectivity index (χ3n) is 3.83. The minimum absolute atomic E-state index is 0.0403. The van der Waals surface area contributed by atoms with E-state index < -0.39 is 10.0 Å². The monoisotopic (exact) mass is 332 g/mol. The fourth-order valence-corrected chi connectivity index (χ4v) is 4.09. The predicted molar refractivity (Wildman–Crippen MR) is 89.0 cm³/mol. The topological polar surface area (TPSA) is 72.2 Å². The van der Waals surface area contributed by atoms with Crippen molar-refractivity contribution in [1.82, 2.24) is 4.72 Å². The van der Waals surface area contributed by atoms with Crippen LogP contribution < -0.4 is 10.5 Å². The molecule has 1 aromatic carbocycles. The summed E-state index contributed by atoms with van der Waals surface area (Å²) in [5.74, 6) is 1.05. The van der Waals surface area contributed by atoms with Crippen LogP contribution in [0.15, 0.2) is 17.0 Å². The number of nitrogen functional groups attached to an aromatic ring is 1. The Hall–Kier alpha value is -0.780. The highest BCUT2D eigenvalue weighted by Gasteiger charge is 2.23. The highest BCUT2D eigenvalue weighted by molar-refractivity contribution is 7.89. The quantitative estimate of drug-likeness (QED) is 0.784. The Morgan fingerprint density at radius 3 is 2.19 bits per heavy atom. The summed E-state index contributed by atoms with van der Waals surface area (Å²) in [6.07, 6.45) is 0. The zero-order chi connectivity index (χ0) is 16.4. The van der Waals surface area contributed by atoms with Crippen LogP contribution in [0.25, 0.3) is 0 Å². The van der Waals surface area contributed by atoms with E-state index in [-0.39, 0.29) is 15.8 Å². The number of sulfonamides is 1. The van der Waals surface area contributed by atoms with E-state index in [0.29, 0.717) is 24.1 Å². The first-order valence-corrected chi connectivity index (χ1v) is 8.97. The van der Waals surface area contributed by atoms with Gasteiger partial charge in [-0.15, -0.1) is 0 Å². The normalized spacial score (nSPS) is 12.6. The lowest BCUT2D eigenvalue weighted by molar-refractivity contribution is 0.289. The van der Waals surface area contributed by atoms with Crippen molar-refractivity contribution in [2.45, 2.75) is 39.5 Å². The first-order valence-electron chi connectivity index (χ1n) is 7.11. The zero-order valence-electron chi connectivity index (χ0n) is 13.3. The maximum absolute atomic E-state index is 12.4. The fourth-order valence-electron chi connectivity index (χ4n) is 2.40. The number of aryl methyl sites for hydroxylation is 1. The van der Waals surface area contributed by atoms with Gasteiger partial charge >= 0.3 is 0 Å². The van der Waals surface area contributed by atoms with E-state index >= 15 is 0 Å². The smallest absolute Gasteiger partial charge is 0.242 e. The first kappa shape index (κ1) is 18.3. The zero-order valence-corrected chi connectivity index (χ0v) is 14.8. The molecule has 1 aromatic rings. The van der Waals surface area contributed by atoms with Crippen molar-refractivity contribution in [2.24, 2.45) is 17.8 Å². The van der Waals surface area contributed by atoms with Crippen LogP contribution >= 0.6 is 11.6 Å². The van der Waals surface area contributed by atoms with E-state index in [9.17, 15) is 8.42 Å². The molecule has 0 heterocycles. The summed E-state index contributed by atoms with van der Waals surface area (Å²) in [5, 5.41) is 0.194. The number of nitrogens with one attached hydrogen (secondary N) is 1. The van der Waals surface area contributed by atoms with E-state index in [4.69, 9.17) is 17.3 Å². The van der Waals surface area contributed by atoms with Crippen LogP contribution in [0.5, 0.6) is 0 Å². The van der Waals surface area contributed by atoms with E-state index in [1.165, 1.54) is 6.07 Å². The summed E-state index contributed by atoms with van der Waals surface area (Å²) in [7, 11) is -3.65. The standard InChI is InChI=1S/C15H25ClN2O2S/c1-9(2)12(10(3)4)8-18-21(19,20)15-7-14(17)11(5)6-13(15)16/h6-7,9-10,12,18H,8,17H2,1-5H3. The molecule has 0 spiro atoms.